The van der Waals surface area contributed by atoms with Crippen molar-refractivity contribution < 1.29 is 9.18 Å². The number of aromatic nitrogens is 1. The zero-order chi connectivity index (χ0) is 19.7. The third-order valence-corrected chi connectivity index (χ3v) is 4.97. The maximum Gasteiger partial charge on any atom is 0.257 e. The Balaban J connectivity index is 1.72. The largest absolute Gasteiger partial charge is 0.322 e. The number of pyridine rings is 1. The quantitative estimate of drug-likeness (QED) is 0.413. The molecule has 1 N–H and O–H groups in total. The molecule has 4 aromatic rings. The maximum absolute atomic E-state index is 13.2. The highest BCUT2D eigenvalue weighted by Gasteiger charge is 2.14. The van der Waals surface area contributed by atoms with Gasteiger partial charge in [-0.15, -0.1) is 0 Å². The predicted molar refractivity (Wildman–Crippen MR) is 112 cm³/mol. The molecule has 0 atom stereocenters. The number of rotatable bonds is 3. The van der Waals surface area contributed by atoms with Crippen molar-refractivity contribution in [1.29, 1.82) is 0 Å². The van der Waals surface area contributed by atoms with Crippen LogP contribution in [-0.2, 0) is 0 Å². The highest BCUT2D eigenvalue weighted by molar-refractivity contribution is 6.35. The van der Waals surface area contributed by atoms with E-state index in [1.54, 1.807) is 24.4 Å². The second kappa shape index (κ2) is 7.58. The lowest BCUT2D eigenvalue weighted by atomic mass is 10.0. The van der Waals surface area contributed by atoms with E-state index in [0.29, 0.717) is 16.3 Å². The summed E-state index contributed by atoms with van der Waals surface area (Å²) in [5.74, 6) is -0.943. The van der Waals surface area contributed by atoms with Crippen LogP contribution in [0.3, 0.4) is 0 Å². The van der Waals surface area contributed by atoms with Gasteiger partial charge in [-0.1, -0.05) is 47.5 Å². The molecule has 0 aliphatic carbocycles. The van der Waals surface area contributed by atoms with Crippen LogP contribution in [0.1, 0.15) is 10.4 Å². The number of nitrogens with zero attached hydrogens (tertiary/aromatic N) is 1. The molecule has 1 heterocycles. The molecule has 0 unspecified atom stereocenters. The van der Waals surface area contributed by atoms with Gasteiger partial charge in [0.05, 0.1) is 21.3 Å². The van der Waals surface area contributed by atoms with Gasteiger partial charge in [-0.3, -0.25) is 9.78 Å². The van der Waals surface area contributed by atoms with E-state index in [2.05, 4.69) is 10.3 Å². The van der Waals surface area contributed by atoms with Crippen LogP contribution < -0.4 is 5.32 Å². The monoisotopic (exact) mass is 410 g/mol. The Kier molecular flexibility index (Phi) is 4.99. The first-order valence-electron chi connectivity index (χ1n) is 8.43. The Morgan fingerprint density at radius 1 is 0.929 bits per heavy atom. The number of nitrogens with one attached hydrogen (secondary N) is 1. The molecule has 0 saturated heterocycles. The van der Waals surface area contributed by atoms with Gasteiger partial charge in [0, 0.05) is 22.8 Å². The lowest BCUT2D eigenvalue weighted by Crippen LogP contribution is -2.12. The summed E-state index contributed by atoms with van der Waals surface area (Å²) in [6, 6.07) is 18.6. The lowest BCUT2D eigenvalue weighted by Gasteiger charge is -2.11. The van der Waals surface area contributed by atoms with Crippen LogP contribution in [-0.4, -0.2) is 10.9 Å². The number of carbonyl (C=O) groups excluding carboxylic acids is 1. The van der Waals surface area contributed by atoms with Gasteiger partial charge in [0.25, 0.3) is 5.91 Å². The van der Waals surface area contributed by atoms with Crippen LogP contribution in [0, 0.1) is 5.82 Å². The number of anilines is 1. The summed E-state index contributed by atoms with van der Waals surface area (Å²) in [6.45, 7) is 0. The van der Waals surface area contributed by atoms with E-state index in [1.165, 1.54) is 12.1 Å². The molecular weight excluding hydrogens is 398 g/mol. The molecular formula is C22H13Cl2FN2O. The normalized spacial score (nSPS) is 10.8. The number of halogens is 3. The number of benzene rings is 3. The van der Waals surface area contributed by atoms with Crippen LogP contribution in [0.25, 0.3) is 22.0 Å². The molecule has 0 spiro atoms. The van der Waals surface area contributed by atoms with Crippen molar-refractivity contribution in [3.63, 3.8) is 0 Å². The zero-order valence-corrected chi connectivity index (χ0v) is 15.9. The Morgan fingerprint density at radius 2 is 1.75 bits per heavy atom. The Morgan fingerprint density at radius 3 is 2.57 bits per heavy atom. The fourth-order valence-electron chi connectivity index (χ4n) is 2.99. The predicted octanol–water partition coefficient (Wildman–Crippen LogP) is 6.60. The summed E-state index contributed by atoms with van der Waals surface area (Å²) in [5, 5.41) is 5.32. The minimum atomic E-state index is -0.502. The van der Waals surface area contributed by atoms with Crippen molar-refractivity contribution in [2.75, 3.05) is 5.32 Å². The number of amides is 1. The summed E-state index contributed by atoms with van der Waals surface area (Å²) in [5.41, 5.74) is 2.13. The molecule has 0 aliphatic rings. The standard InChI is InChI=1S/C22H13Cl2FN2O/c23-19-8-6-15(27-22(28)17-7-5-14(25)11-20(17)24)12-18(19)21-16-4-2-1-3-13(16)9-10-26-21/h1-12H,(H,27,28). The fraction of sp³-hybridized carbons (Fsp3) is 0. The van der Waals surface area contributed by atoms with Crippen LogP contribution >= 0.6 is 23.2 Å². The molecule has 0 radical (unpaired) electrons. The molecule has 28 heavy (non-hydrogen) atoms. The Labute approximate surface area is 170 Å². The lowest BCUT2D eigenvalue weighted by molar-refractivity contribution is 0.102. The Bertz CT molecular complexity index is 1210. The van der Waals surface area contributed by atoms with Crippen molar-refractivity contribution in [3.05, 3.63) is 94.4 Å². The number of hydrogen-bond donors (Lipinski definition) is 1. The second-order valence-electron chi connectivity index (χ2n) is 6.15. The maximum atomic E-state index is 13.2. The average molecular weight is 411 g/mol. The van der Waals surface area contributed by atoms with Gasteiger partial charge in [-0.05, 0) is 47.9 Å². The topological polar surface area (TPSA) is 42.0 Å². The van der Waals surface area contributed by atoms with Gasteiger partial charge in [-0.25, -0.2) is 4.39 Å². The SMILES string of the molecule is O=C(Nc1ccc(Cl)c(-c2nccc3ccccc23)c1)c1ccc(F)cc1Cl. The van der Waals surface area contributed by atoms with Gasteiger partial charge in [0.2, 0.25) is 0 Å². The molecule has 0 aliphatic heterocycles. The molecule has 1 amide bonds. The molecule has 1 aromatic heterocycles. The minimum absolute atomic E-state index is 0.0439. The van der Waals surface area contributed by atoms with Crippen molar-refractivity contribution in [2.24, 2.45) is 0 Å². The molecule has 138 valence electrons. The van der Waals surface area contributed by atoms with Crippen LogP contribution in [0.2, 0.25) is 10.0 Å². The smallest absolute Gasteiger partial charge is 0.257 e. The first kappa shape index (κ1) is 18.4. The van der Waals surface area contributed by atoms with E-state index >= 15 is 0 Å². The van der Waals surface area contributed by atoms with Crippen LogP contribution in [0.4, 0.5) is 10.1 Å². The molecule has 3 nitrogen and oxygen atoms in total. The first-order valence-corrected chi connectivity index (χ1v) is 9.18. The molecule has 0 saturated carbocycles. The van der Waals surface area contributed by atoms with Gasteiger partial charge in [0.1, 0.15) is 5.82 Å². The second-order valence-corrected chi connectivity index (χ2v) is 6.97. The average Bonchev–Trinajstić information content (AvgIpc) is 2.69. The fourth-order valence-corrected chi connectivity index (χ4v) is 3.45. The van der Waals surface area contributed by atoms with E-state index in [9.17, 15) is 9.18 Å². The summed E-state index contributed by atoms with van der Waals surface area (Å²) >= 11 is 12.4. The molecule has 6 heteroatoms. The zero-order valence-electron chi connectivity index (χ0n) is 14.4. The summed E-state index contributed by atoms with van der Waals surface area (Å²) in [4.78, 5) is 17.0. The van der Waals surface area contributed by atoms with E-state index < -0.39 is 11.7 Å². The number of fused-ring (bicyclic) bond motifs is 1. The van der Waals surface area contributed by atoms with Gasteiger partial charge < -0.3 is 5.32 Å². The molecule has 4 rings (SSSR count). The van der Waals surface area contributed by atoms with Gasteiger partial charge in [-0.2, -0.15) is 0 Å². The van der Waals surface area contributed by atoms with Gasteiger partial charge in [0.15, 0.2) is 0 Å². The van der Waals surface area contributed by atoms with Crippen molar-refractivity contribution in [1.82, 2.24) is 4.98 Å². The van der Waals surface area contributed by atoms with E-state index in [0.717, 1.165) is 22.5 Å². The van der Waals surface area contributed by atoms with Crippen molar-refractivity contribution in [3.8, 4) is 11.3 Å². The highest BCUT2D eigenvalue weighted by atomic mass is 35.5. The molecule has 0 fully saturated rings. The third kappa shape index (κ3) is 3.57. The summed E-state index contributed by atoms with van der Waals surface area (Å²) in [7, 11) is 0. The molecule has 3 aromatic carbocycles. The minimum Gasteiger partial charge on any atom is -0.322 e. The van der Waals surface area contributed by atoms with Crippen molar-refractivity contribution in [2.45, 2.75) is 0 Å². The molecule has 0 bridgehead atoms. The Hall–Kier alpha value is -2.95. The van der Waals surface area contributed by atoms with E-state index in [4.69, 9.17) is 23.2 Å². The number of carbonyl (C=O) groups is 1. The van der Waals surface area contributed by atoms with Crippen molar-refractivity contribution >= 4 is 45.6 Å². The number of hydrogen-bond acceptors (Lipinski definition) is 2. The van der Waals surface area contributed by atoms with Crippen LogP contribution in [0.15, 0.2) is 72.9 Å². The van der Waals surface area contributed by atoms with E-state index in [1.807, 2.05) is 30.3 Å². The highest BCUT2D eigenvalue weighted by Crippen LogP contribution is 2.34. The summed E-state index contributed by atoms with van der Waals surface area (Å²) in [6.07, 6.45) is 1.72. The third-order valence-electron chi connectivity index (χ3n) is 4.33. The van der Waals surface area contributed by atoms with Crippen LogP contribution in [0.5, 0.6) is 0 Å². The van der Waals surface area contributed by atoms with Gasteiger partial charge >= 0.3 is 0 Å². The summed E-state index contributed by atoms with van der Waals surface area (Å²) < 4.78 is 13.2. The first-order chi connectivity index (χ1) is 13.5. The van der Waals surface area contributed by atoms with E-state index in [-0.39, 0.29) is 10.6 Å².